The molecule has 5 heterocycles. The molecule has 5 saturated heterocycles. The number of rotatable bonds is 21. The highest BCUT2D eigenvalue weighted by molar-refractivity contribution is 7.80. The van der Waals surface area contributed by atoms with E-state index >= 15 is 0 Å². The molecule has 5 fully saturated rings. The third-order valence-electron chi connectivity index (χ3n) is 12.7. The molecule has 19 N–H and O–H groups in total. The molecule has 5 aliphatic rings. The van der Waals surface area contributed by atoms with E-state index in [1.165, 1.54) is 0 Å². The highest BCUT2D eigenvalue weighted by Gasteiger charge is 2.61. The van der Waals surface area contributed by atoms with Crippen LogP contribution in [-0.2, 0) is 76.4 Å². The molecule has 0 radical (unpaired) electrons. The number of nitrogens with one attached hydrogen (secondary N) is 3. The molecule has 5 rings (SSSR count). The van der Waals surface area contributed by atoms with Crippen LogP contribution in [0.5, 0.6) is 0 Å². The Bertz CT molecular complexity index is 2030. The Labute approximate surface area is 424 Å². The molecule has 5 aliphatic heterocycles. The Balaban J connectivity index is 1.43. The van der Waals surface area contributed by atoms with Crippen molar-refractivity contribution in [1.82, 2.24) is 16.0 Å². The maximum atomic E-state index is 13.0. The number of ether oxygens (including phenoxy) is 9. The van der Waals surface area contributed by atoms with Crippen LogP contribution in [0.4, 0.5) is 0 Å². The number of hydrogen-bond acceptors (Lipinski definition) is 30. The number of amides is 3. The van der Waals surface area contributed by atoms with E-state index in [2.05, 4.69) is 20.1 Å². The summed E-state index contributed by atoms with van der Waals surface area (Å²) < 4.78 is 88.4. The van der Waals surface area contributed by atoms with Crippen molar-refractivity contribution in [3.05, 3.63) is 0 Å². The first-order valence-electron chi connectivity index (χ1n) is 22.9. The van der Waals surface area contributed by atoms with Crippen LogP contribution in [0.3, 0.4) is 0 Å². The Morgan fingerprint density at radius 2 is 1.13 bits per heavy atom. The van der Waals surface area contributed by atoms with E-state index in [1.807, 2.05) is 0 Å². The van der Waals surface area contributed by atoms with Gasteiger partial charge in [0, 0.05) is 27.2 Å². The quantitative estimate of drug-likeness (QED) is 0.0475. The Morgan fingerprint density at radius 1 is 0.613 bits per heavy atom. The smallest absolute Gasteiger partial charge is 0.397 e. The van der Waals surface area contributed by atoms with Gasteiger partial charge in [0.1, 0.15) is 116 Å². The Kier molecular flexibility index (Phi) is 21.9. The van der Waals surface area contributed by atoms with Gasteiger partial charge in [-0.2, -0.15) is 8.42 Å². The second-order valence-corrected chi connectivity index (χ2v) is 19.2. The van der Waals surface area contributed by atoms with Crippen LogP contribution >= 0.6 is 0 Å². The summed E-state index contributed by atoms with van der Waals surface area (Å²) in [6.07, 6.45) is -46.7. The highest BCUT2D eigenvalue weighted by Crippen LogP contribution is 2.39. The van der Waals surface area contributed by atoms with E-state index in [0.717, 1.165) is 20.8 Å². The molecule has 0 bridgehead atoms. The number of aliphatic hydroxyl groups excluding tert-OH is 14. The fraction of sp³-hybridized carbons (Fsp3) is 0.897. The summed E-state index contributed by atoms with van der Waals surface area (Å²) >= 11 is 0. The highest BCUT2D eigenvalue weighted by atomic mass is 32.3. The van der Waals surface area contributed by atoms with Crippen molar-refractivity contribution in [2.45, 2.75) is 186 Å². The molecule has 3 amide bonds. The zero-order valence-corrected chi connectivity index (χ0v) is 40.6. The monoisotopic (exact) mass is 1120 g/mol. The van der Waals surface area contributed by atoms with Crippen molar-refractivity contribution in [3.8, 4) is 0 Å². The molecule has 0 saturated carbocycles. The maximum absolute atomic E-state index is 13.0. The molecule has 35 nitrogen and oxygen atoms in total. The number of carboxylic acid groups (broad SMARTS) is 1. The van der Waals surface area contributed by atoms with Gasteiger partial charge in [0.2, 0.25) is 17.7 Å². The van der Waals surface area contributed by atoms with E-state index in [1.54, 1.807) is 0 Å². The molecule has 36 heteroatoms. The minimum Gasteiger partial charge on any atom is -0.477 e. The van der Waals surface area contributed by atoms with Crippen molar-refractivity contribution in [2.24, 2.45) is 0 Å². The number of carboxylic acids is 1. The molecule has 1 unspecified atom stereocenters. The molecule has 0 aliphatic carbocycles. The number of aliphatic hydroxyl groups is 14. The largest absolute Gasteiger partial charge is 0.477 e. The van der Waals surface area contributed by atoms with Crippen LogP contribution in [0.25, 0.3) is 0 Å². The first-order valence-corrected chi connectivity index (χ1v) is 24.2. The second-order valence-electron chi connectivity index (χ2n) is 18.2. The van der Waals surface area contributed by atoms with Crippen molar-refractivity contribution in [1.29, 1.82) is 0 Å². The number of carbonyl (C=O) groups excluding carboxylic acids is 3. The lowest BCUT2D eigenvalue weighted by molar-refractivity contribution is -0.383. The molecule has 434 valence electrons. The van der Waals surface area contributed by atoms with Gasteiger partial charge in [0.05, 0.1) is 45.2 Å². The van der Waals surface area contributed by atoms with Gasteiger partial charge in [-0.05, 0) is 0 Å². The van der Waals surface area contributed by atoms with Gasteiger partial charge in [-0.1, -0.05) is 0 Å². The molecule has 0 spiro atoms. The summed E-state index contributed by atoms with van der Waals surface area (Å²) in [5.74, 6) is -7.95. The lowest BCUT2D eigenvalue weighted by Gasteiger charge is -2.51. The Hall–Kier alpha value is -3.17. The number of aliphatic carboxylic acids is 1. The number of carbonyl (C=O) groups is 4. The number of hydrogen-bond donors (Lipinski definition) is 19. The van der Waals surface area contributed by atoms with Gasteiger partial charge in [-0.15, -0.1) is 0 Å². The van der Waals surface area contributed by atoms with Crippen LogP contribution in [0, 0.1) is 0 Å². The zero-order valence-electron chi connectivity index (χ0n) is 39.8. The summed E-state index contributed by atoms with van der Waals surface area (Å²) in [6.45, 7) is -2.63. The third-order valence-corrected chi connectivity index (χ3v) is 13.1. The lowest BCUT2D eigenvalue weighted by Crippen LogP contribution is -2.71. The predicted molar refractivity (Wildman–Crippen MR) is 229 cm³/mol. The third kappa shape index (κ3) is 14.8. The SMILES string of the molecule is CC(=O)N[C@H]1[C@H](OC[C@H]2OC(O)[C@H](NC(C)=O)[C@@H](O[C@@H]3O[C@H](CO)[C@H](O)[C@H](O)[C@H]3O)[C@H]2O)O[C@H](COS(=O)(=O)O)[C@@H](O[C@@H]2O[C@H](CO)[C@H](O)[C@H](O[C@]3(C(=O)O)C[C@H](O)[C@@H](NC(C)=O)[C@H]([C@H](O)[C@H](O)CO)O3)[C@H]2O)[C@@H]1O. The van der Waals surface area contributed by atoms with Crippen molar-refractivity contribution in [3.63, 3.8) is 0 Å². The summed E-state index contributed by atoms with van der Waals surface area (Å²) in [4.78, 5) is 49.7. The minimum absolute atomic E-state index is 0.812. The van der Waals surface area contributed by atoms with Gasteiger partial charge in [0.15, 0.2) is 25.2 Å². The molecule has 0 aromatic carbocycles. The fourth-order valence-corrected chi connectivity index (χ4v) is 9.29. The van der Waals surface area contributed by atoms with Crippen LogP contribution in [0.15, 0.2) is 0 Å². The van der Waals surface area contributed by atoms with Crippen molar-refractivity contribution in [2.75, 3.05) is 33.0 Å². The minimum atomic E-state index is -5.39. The predicted octanol–water partition coefficient (Wildman–Crippen LogP) is -12.5. The van der Waals surface area contributed by atoms with Gasteiger partial charge < -0.3 is 135 Å². The van der Waals surface area contributed by atoms with Gasteiger partial charge in [-0.3, -0.25) is 18.9 Å². The Morgan fingerprint density at radius 3 is 1.68 bits per heavy atom. The summed E-state index contributed by atoms with van der Waals surface area (Å²) in [5.41, 5.74) is 0. The van der Waals surface area contributed by atoms with E-state index in [0.29, 0.717) is 0 Å². The second kappa shape index (κ2) is 26.2. The van der Waals surface area contributed by atoms with Gasteiger partial charge >= 0.3 is 16.4 Å². The van der Waals surface area contributed by atoms with Crippen LogP contribution < -0.4 is 16.0 Å². The first kappa shape index (κ1) is 62.7. The fourth-order valence-electron chi connectivity index (χ4n) is 8.98. The molecule has 0 aromatic rings. The van der Waals surface area contributed by atoms with E-state index < -0.39 is 232 Å². The molecular formula is C39H65N3O32S. The van der Waals surface area contributed by atoms with Crippen molar-refractivity contribution < 1.29 is 156 Å². The van der Waals surface area contributed by atoms with E-state index in [9.17, 15) is 109 Å². The topological polar surface area (TPSA) is 554 Å². The summed E-state index contributed by atoms with van der Waals surface area (Å²) in [5, 5.41) is 167. The van der Waals surface area contributed by atoms with E-state index in [4.69, 9.17) is 42.6 Å². The molecular weight excluding hydrogens is 1050 g/mol. The van der Waals surface area contributed by atoms with Crippen LogP contribution in [-0.4, -0.2) is 305 Å². The van der Waals surface area contributed by atoms with Gasteiger partial charge in [0.25, 0.3) is 5.79 Å². The van der Waals surface area contributed by atoms with E-state index in [-0.39, 0.29) is 0 Å². The van der Waals surface area contributed by atoms with Crippen LogP contribution in [0.1, 0.15) is 27.2 Å². The molecule has 75 heavy (non-hydrogen) atoms. The normalized spacial score (nSPS) is 43.5. The zero-order chi connectivity index (χ0) is 56.2. The standard InChI is InChI=1S/C39H65N3O32S/c1-10(46)40-19-13(49)4-39(38(60)61,73-32(19)22(51)14(50)5-43)74-33-24(53)16(7-45)69-37(29(33)58)71-30-18(9-66-75(62,63)64)70-35(20(26(30)55)41-11(2)47)65-8-17-25(54)31(21(34(59)67-17)42-12(3)48)72-36-28(57)27(56)23(52)15(6-44)68-36/h13-37,43-45,49-59H,4-9H2,1-3H3,(H,40,46)(H,41,47)(H,42,48)(H,60,61)(H,62,63,64)/t13-,14+,15+,16+,17+,18+,19+,20+,21+,22+,23-,24-,25-,26+,27-,28+,29+,30+,31+,32+,33-,34?,35+,36-,37-,39-/m0/s1. The van der Waals surface area contributed by atoms with Crippen LogP contribution in [0.2, 0.25) is 0 Å². The lowest BCUT2D eigenvalue weighted by atomic mass is 9.88. The summed E-state index contributed by atoms with van der Waals surface area (Å²) in [7, 11) is -5.39. The summed E-state index contributed by atoms with van der Waals surface area (Å²) in [6, 6.07) is -5.25. The van der Waals surface area contributed by atoms with Crippen molar-refractivity contribution >= 4 is 34.1 Å². The average Bonchev–Trinajstić information content (AvgIpc) is 3.33. The first-order chi connectivity index (χ1) is 35.0. The molecule has 26 atom stereocenters. The van der Waals surface area contributed by atoms with Gasteiger partial charge in [-0.25, -0.2) is 8.98 Å². The molecule has 0 aromatic heterocycles. The average molecular weight is 1120 g/mol. The maximum Gasteiger partial charge on any atom is 0.397 e.